The van der Waals surface area contributed by atoms with Crippen LogP contribution < -0.4 is 4.74 Å². The molecule has 0 unspecified atom stereocenters. The van der Waals surface area contributed by atoms with Crippen LogP contribution >= 0.6 is 0 Å². The minimum absolute atomic E-state index is 0.0936. The molecule has 0 aliphatic carbocycles. The zero-order chi connectivity index (χ0) is 12.0. The molecule has 1 rings (SSSR count). The molecule has 1 N–H and O–H groups in total. The Morgan fingerprint density at radius 2 is 1.69 bits per heavy atom. The molecule has 16 heavy (non-hydrogen) atoms. The first-order chi connectivity index (χ1) is 7.54. The third-order valence-corrected chi connectivity index (χ3v) is 2.00. The zero-order valence-electron chi connectivity index (χ0n) is 8.63. The lowest BCUT2D eigenvalue weighted by molar-refractivity contribution is -0.137. The predicted molar refractivity (Wildman–Crippen MR) is 53.3 cm³/mol. The average molecular weight is 234 g/mol. The molecule has 0 heterocycles. The van der Waals surface area contributed by atoms with E-state index in [-0.39, 0.29) is 6.61 Å². The highest BCUT2D eigenvalue weighted by molar-refractivity contribution is 5.28. The maximum absolute atomic E-state index is 12.2. The van der Waals surface area contributed by atoms with Crippen LogP contribution in [-0.2, 0) is 6.18 Å². The van der Waals surface area contributed by atoms with Gasteiger partial charge in [0.1, 0.15) is 5.75 Å². The summed E-state index contributed by atoms with van der Waals surface area (Å²) in [6.07, 6.45) is -3.01. The second kappa shape index (κ2) is 5.75. The summed E-state index contributed by atoms with van der Waals surface area (Å²) in [5.41, 5.74) is -0.685. The summed E-state index contributed by atoms with van der Waals surface area (Å²) in [5.74, 6) is 0.408. The highest BCUT2D eigenvalue weighted by Gasteiger charge is 2.29. The quantitative estimate of drug-likeness (QED) is 0.794. The molecule has 0 aliphatic rings. The zero-order valence-corrected chi connectivity index (χ0v) is 8.63. The third kappa shape index (κ3) is 4.10. The van der Waals surface area contributed by atoms with Crippen LogP contribution in [0.5, 0.6) is 5.75 Å². The van der Waals surface area contributed by atoms with Gasteiger partial charge in [-0.1, -0.05) is 0 Å². The van der Waals surface area contributed by atoms with Crippen LogP contribution in [0.4, 0.5) is 13.2 Å². The first-order valence-corrected chi connectivity index (χ1v) is 4.95. The smallest absolute Gasteiger partial charge is 0.416 e. The monoisotopic (exact) mass is 234 g/mol. The average Bonchev–Trinajstić information content (AvgIpc) is 2.24. The number of ether oxygens (including phenoxy) is 1. The molecule has 1 aromatic rings. The van der Waals surface area contributed by atoms with Gasteiger partial charge < -0.3 is 9.84 Å². The van der Waals surface area contributed by atoms with E-state index >= 15 is 0 Å². The number of hydrogen-bond donors (Lipinski definition) is 1. The Balaban J connectivity index is 2.46. The number of halogens is 3. The van der Waals surface area contributed by atoms with Crippen molar-refractivity contribution in [2.45, 2.75) is 19.0 Å². The molecular weight excluding hydrogens is 221 g/mol. The lowest BCUT2D eigenvalue weighted by atomic mass is 10.2. The van der Waals surface area contributed by atoms with Crippen molar-refractivity contribution in [3.05, 3.63) is 29.8 Å². The minimum atomic E-state index is -4.31. The van der Waals surface area contributed by atoms with Crippen LogP contribution in [0.25, 0.3) is 0 Å². The molecule has 0 spiro atoms. The van der Waals surface area contributed by atoms with Gasteiger partial charge in [0, 0.05) is 6.61 Å². The van der Waals surface area contributed by atoms with Crippen LogP contribution in [0.15, 0.2) is 24.3 Å². The number of rotatable bonds is 5. The Bertz CT molecular complexity index is 306. The molecule has 0 amide bonds. The lowest BCUT2D eigenvalue weighted by Crippen LogP contribution is -2.04. The molecular formula is C11H13F3O2. The minimum Gasteiger partial charge on any atom is -0.494 e. The van der Waals surface area contributed by atoms with Gasteiger partial charge in [-0.3, -0.25) is 0 Å². The SMILES string of the molecule is OCCCCOc1ccc(C(F)(F)F)cc1. The van der Waals surface area contributed by atoms with Crippen LogP contribution in [-0.4, -0.2) is 18.3 Å². The largest absolute Gasteiger partial charge is 0.494 e. The first kappa shape index (κ1) is 12.8. The van der Waals surface area contributed by atoms with Crippen molar-refractivity contribution in [2.24, 2.45) is 0 Å². The van der Waals surface area contributed by atoms with E-state index in [1.807, 2.05) is 0 Å². The fourth-order valence-electron chi connectivity index (χ4n) is 1.14. The molecule has 0 fully saturated rings. The van der Waals surface area contributed by atoms with E-state index in [0.717, 1.165) is 12.1 Å². The highest BCUT2D eigenvalue weighted by Crippen LogP contribution is 2.30. The number of unbranched alkanes of at least 4 members (excludes halogenated alkanes) is 1. The van der Waals surface area contributed by atoms with Gasteiger partial charge in [-0.2, -0.15) is 13.2 Å². The van der Waals surface area contributed by atoms with Crippen molar-refractivity contribution in [1.82, 2.24) is 0 Å². The van der Waals surface area contributed by atoms with E-state index in [1.54, 1.807) is 0 Å². The van der Waals surface area contributed by atoms with E-state index in [1.165, 1.54) is 12.1 Å². The number of alkyl halides is 3. The Hall–Kier alpha value is -1.23. The maximum atomic E-state index is 12.2. The van der Waals surface area contributed by atoms with Gasteiger partial charge >= 0.3 is 6.18 Å². The van der Waals surface area contributed by atoms with Gasteiger partial charge in [0.15, 0.2) is 0 Å². The molecule has 0 bridgehead atoms. The third-order valence-electron chi connectivity index (χ3n) is 2.00. The summed E-state index contributed by atoms with van der Waals surface area (Å²) < 4.78 is 41.8. The van der Waals surface area contributed by atoms with Crippen molar-refractivity contribution in [3.8, 4) is 5.75 Å². The second-order valence-corrected chi connectivity index (χ2v) is 3.30. The molecule has 0 aromatic heterocycles. The number of aliphatic hydroxyl groups is 1. The van der Waals surface area contributed by atoms with Crippen LogP contribution in [0.3, 0.4) is 0 Å². The Kier molecular flexibility index (Phi) is 4.61. The van der Waals surface area contributed by atoms with Gasteiger partial charge in [-0.15, -0.1) is 0 Å². The van der Waals surface area contributed by atoms with E-state index < -0.39 is 11.7 Å². The van der Waals surface area contributed by atoms with E-state index in [4.69, 9.17) is 9.84 Å². The Labute approximate surface area is 91.7 Å². The summed E-state index contributed by atoms with van der Waals surface area (Å²) >= 11 is 0. The fraction of sp³-hybridized carbons (Fsp3) is 0.455. The van der Waals surface area contributed by atoms with E-state index in [2.05, 4.69) is 0 Å². The van der Waals surface area contributed by atoms with E-state index in [0.29, 0.717) is 25.2 Å². The molecule has 1 aromatic carbocycles. The number of benzene rings is 1. The molecule has 90 valence electrons. The number of hydrogen-bond acceptors (Lipinski definition) is 2. The molecule has 0 atom stereocenters. The summed E-state index contributed by atoms with van der Waals surface area (Å²) in [4.78, 5) is 0. The van der Waals surface area contributed by atoms with Gasteiger partial charge in [-0.25, -0.2) is 0 Å². The fourth-order valence-corrected chi connectivity index (χ4v) is 1.14. The summed E-state index contributed by atoms with van der Waals surface area (Å²) in [7, 11) is 0. The topological polar surface area (TPSA) is 29.5 Å². The van der Waals surface area contributed by atoms with Crippen molar-refractivity contribution in [2.75, 3.05) is 13.2 Å². The number of aliphatic hydroxyl groups excluding tert-OH is 1. The van der Waals surface area contributed by atoms with Gasteiger partial charge in [0.25, 0.3) is 0 Å². The summed E-state index contributed by atoms with van der Waals surface area (Å²) in [6, 6.07) is 4.56. The Morgan fingerprint density at radius 3 is 2.19 bits per heavy atom. The molecule has 0 aliphatic heterocycles. The van der Waals surface area contributed by atoms with Crippen LogP contribution in [0, 0.1) is 0 Å². The summed E-state index contributed by atoms with van der Waals surface area (Å²) in [6.45, 7) is 0.488. The van der Waals surface area contributed by atoms with Gasteiger partial charge in [-0.05, 0) is 37.1 Å². The van der Waals surface area contributed by atoms with Crippen molar-refractivity contribution in [1.29, 1.82) is 0 Å². The summed E-state index contributed by atoms with van der Waals surface area (Å²) in [5, 5.41) is 8.51. The molecule has 2 nitrogen and oxygen atoms in total. The van der Waals surface area contributed by atoms with Gasteiger partial charge in [0.2, 0.25) is 0 Å². The van der Waals surface area contributed by atoms with Gasteiger partial charge in [0.05, 0.1) is 12.2 Å². The van der Waals surface area contributed by atoms with Crippen LogP contribution in [0.2, 0.25) is 0 Å². The standard InChI is InChI=1S/C11H13F3O2/c12-11(13,14)9-3-5-10(6-4-9)16-8-2-1-7-15/h3-6,15H,1-2,7-8H2. The lowest BCUT2D eigenvalue weighted by Gasteiger charge is -2.08. The predicted octanol–water partition coefficient (Wildman–Crippen LogP) is 2.86. The van der Waals surface area contributed by atoms with Crippen LogP contribution in [0.1, 0.15) is 18.4 Å². The van der Waals surface area contributed by atoms with Crippen molar-refractivity contribution >= 4 is 0 Å². The molecule has 0 saturated carbocycles. The molecule has 0 radical (unpaired) electrons. The van der Waals surface area contributed by atoms with E-state index in [9.17, 15) is 13.2 Å². The van der Waals surface area contributed by atoms with Crippen molar-refractivity contribution in [3.63, 3.8) is 0 Å². The second-order valence-electron chi connectivity index (χ2n) is 3.30. The Morgan fingerprint density at radius 1 is 1.06 bits per heavy atom. The maximum Gasteiger partial charge on any atom is 0.416 e. The molecule has 0 saturated heterocycles. The highest BCUT2D eigenvalue weighted by atomic mass is 19.4. The van der Waals surface area contributed by atoms with Crippen molar-refractivity contribution < 1.29 is 23.0 Å². The first-order valence-electron chi connectivity index (χ1n) is 4.95. The molecule has 5 heteroatoms. The normalized spacial score (nSPS) is 11.5.